The Hall–Kier alpha value is -1.81. The van der Waals surface area contributed by atoms with Gasteiger partial charge in [-0.05, 0) is 52.9 Å². The summed E-state index contributed by atoms with van der Waals surface area (Å²) in [4.78, 5) is 0.377. The van der Waals surface area contributed by atoms with E-state index >= 15 is 0 Å². The van der Waals surface area contributed by atoms with Gasteiger partial charge in [0.1, 0.15) is 0 Å². The first-order valence-corrected chi connectivity index (χ1v) is 7.56. The Balaban J connectivity index is 2.18. The van der Waals surface area contributed by atoms with Crippen LogP contribution >= 0.6 is 0 Å². The van der Waals surface area contributed by atoms with Crippen molar-refractivity contribution in [3.63, 3.8) is 0 Å². The molecule has 3 nitrogen and oxygen atoms in total. The number of hydrogen-bond donors (Lipinski definition) is 1. The molecule has 1 aliphatic rings. The van der Waals surface area contributed by atoms with Crippen molar-refractivity contribution in [2.45, 2.75) is 11.3 Å². The molecule has 0 bridgehead atoms. The van der Waals surface area contributed by atoms with Crippen LogP contribution in [-0.2, 0) is 16.3 Å². The van der Waals surface area contributed by atoms with Gasteiger partial charge in [-0.15, -0.1) is 0 Å². The van der Waals surface area contributed by atoms with E-state index in [1.807, 2.05) is 24.3 Å². The van der Waals surface area contributed by atoms with E-state index in [0.717, 1.165) is 34.4 Å². The van der Waals surface area contributed by atoms with Crippen LogP contribution in [0.15, 0.2) is 41.3 Å². The molecule has 0 saturated heterocycles. The van der Waals surface area contributed by atoms with Crippen molar-refractivity contribution in [3.05, 3.63) is 47.5 Å². The summed E-state index contributed by atoms with van der Waals surface area (Å²) in [5.41, 5.74) is 11.0. The fraction of sp³-hybridized carbons (Fsp3) is 0.143. The summed E-state index contributed by atoms with van der Waals surface area (Å²) in [5, 5.41) is 0. The number of benzene rings is 2. The van der Waals surface area contributed by atoms with Crippen molar-refractivity contribution in [3.8, 4) is 11.1 Å². The molecule has 2 N–H and O–H groups in total. The highest BCUT2D eigenvalue weighted by Gasteiger charge is 2.20. The number of rotatable bonds is 1. The SMILES string of the molecule is CS(=O)(=O)c1ccc2c(c1)Cc1cc(N)ccc1-2. The molecular formula is C14H13NO2S. The van der Waals surface area contributed by atoms with Crippen LogP contribution < -0.4 is 5.73 Å². The molecule has 0 heterocycles. The molecular weight excluding hydrogens is 246 g/mol. The third kappa shape index (κ3) is 1.69. The van der Waals surface area contributed by atoms with Gasteiger partial charge in [0, 0.05) is 11.9 Å². The summed E-state index contributed by atoms with van der Waals surface area (Å²) in [7, 11) is -3.14. The van der Waals surface area contributed by atoms with Gasteiger partial charge in [-0.2, -0.15) is 0 Å². The van der Waals surface area contributed by atoms with E-state index in [9.17, 15) is 8.42 Å². The fourth-order valence-electron chi connectivity index (χ4n) is 2.44. The van der Waals surface area contributed by atoms with E-state index in [1.54, 1.807) is 12.1 Å². The van der Waals surface area contributed by atoms with E-state index in [-0.39, 0.29) is 0 Å². The first-order valence-electron chi connectivity index (χ1n) is 5.67. The first-order chi connectivity index (χ1) is 8.45. The zero-order valence-corrected chi connectivity index (χ0v) is 10.8. The van der Waals surface area contributed by atoms with E-state index in [2.05, 4.69) is 0 Å². The molecule has 0 amide bonds. The Labute approximate surface area is 106 Å². The highest BCUT2D eigenvalue weighted by Crippen LogP contribution is 2.38. The van der Waals surface area contributed by atoms with Crippen molar-refractivity contribution in [2.24, 2.45) is 0 Å². The number of anilines is 1. The minimum atomic E-state index is -3.14. The van der Waals surface area contributed by atoms with Crippen LogP contribution in [0.3, 0.4) is 0 Å². The van der Waals surface area contributed by atoms with Gasteiger partial charge in [0.05, 0.1) is 4.90 Å². The molecule has 1 aliphatic carbocycles. The monoisotopic (exact) mass is 259 g/mol. The summed E-state index contributed by atoms with van der Waals surface area (Å²) < 4.78 is 23.1. The van der Waals surface area contributed by atoms with Gasteiger partial charge in [0.2, 0.25) is 0 Å². The maximum Gasteiger partial charge on any atom is 0.175 e. The van der Waals surface area contributed by atoms with Crippen molar-refractivity contribution in [2.75, 3.05) is 12.0 Å². The minimum Gasteiger partial charge on any atom is -0.399 e. The normalized spacial score (nSPS) is 13.2. The standard InChI is InChI=1S/C14H13NO2S/c1-18(16,17)12-3-5-14-10(8-12)6-9-7-11(15)2-4-13(9)14/h2-5,7-8H,6,15H2,1H3. The first kappa shape index (κ1) is 11.3. The van der Waals surface area contributed by atoms with Crippen LogP contribution in [0.2, 0.25) is 0 Å². The van der Waals surface area contributed by atoms with Crippen LogP contribution in [0.4, 0.5) is 5.69 Å². The molecule has 0 atom stereocenters. The minimum absolute atomic E-state index is 0.377. The Bertz CT molecular complexity index is 748. The van der Waals surface area contributed by atoms with Crippen LogP contribution in [-0.4, -0.2) is 14.7 Å². The van der Waals surface area contributed by atoms with Gasteiger partial charge < -0.3 is 5.73 Å². The van der Waals surface area contributed by atoms with Crippen LogP contribution in [0.1, 0.15) is 11.1 Å². The van der Waals surface area contributed by atoms with Gasteiger partial charge in [-0.3, -0.25) is 0 Å². The van der Waals surface area contributed by atoms with Crippen molar-refractivity contribution in [1.82, 2.24) is 0 Å². The average molecular weight is 259 g/mol. The third-order valence-electron chi connectivity index (χ3n) is 3.31. The lowest BCUT2D eigenvalue weighted by Gasteiger charge is -2.03. The summed E-state index contributed by atoms with van der Waals surface area (Å²) in [5.74, 6) is 0. The maximum absolute atomic E-state index is 11.5. The molecule has 18 heavy (non-hydrogen) atoms. The van der Waals surface area contributed by atoms with Crippen molar-refractivity contribution in [1.29, 1.82) is 0 Å². The van der Waals surface area contributed by atoms with E-state index in [1.165, 1.54) is 6.26 Å². The zero-order valence-electron chi connectivity index (χ0n) is 9.97. The molecule has 92 valence electrons. The molecule has 0 radical (unpaired) electrons. The predicted molar refractivity (Wildman–Crippen MR) is 72.2 cm³/mol. The lowest BCUT2D eigenvalue weighted by Crippen LogP contribution is -1.97. The van der Waals surface area contributed by atoms with E-state index in [4.69, 9.17) is 5.73 Å². The van der Waals surface area contributed by atoms with Crippen LogP contribution in [0.25, 0.3) is 11.1 Å². The van der Waals surface area contributed by atoms with Crippen molar-refractivity contribution < 1.29 is 8.42 Å². The summed E-state index contributed by atoms with van der Waals surface area (Å²) >= 11 is 0. The molecule has 3 rings (SSSR count). The second-order valence-electron chi connectivity index (χ2n) is 4.68. The lowest BCUT2D eigenvalue weighted by atomic mass is 10.1. The Morgan fingerprint density at radius 1 is 1.00 bits per heavy atom. The third-order valence-corrected chi connectivity index (χ3v) is 4.42. The van der Waals surface area contributed by atoms with Gasteiger partial charge in [0.15, 0.2) is 9.84 Å². The highest BCUT2D eigenvalue weighted by atomic mass is 32.2. The van der Waals surface area contributed by atoms with Gasteiger partial charge in [-0.1, -0.05) is 12.1 Å². The molecule has 0 saturated carbocycles. The average Bonchev–Trinajstić information content (AvgIpc) is 2.63. The number of hydrogen-bond acceptors (Lipinski definition) is 3. The molecule has 2 aromatic rings. The van der Waals surface area contributed by atoms with Gasteiger partial charge in [0.25, 0.3) is 0 Å². The highest BCUT2D eigenvalue weighted by molar-refractivity contribution is 7.90. The lowest BCUT2D eigenvalue weighted by molar-refractivity contribution is 0.602. The van der Waals surface area contributed by atoms with E-state index < -0.39 is 9.84 Å². The number of sulfone groups is 1. The fourth-order valence-corrected chi connectivity index (χ4v) is 3.11. The predicted octanol–water partition coefficient (Wildman–Crippen LogP) is 2.24. The van der Waals surface area contributed by atoms with Crippen molar-refractivity contribution >= 4 is 15.5 Å². The van der Waals surface area contributed by atoms with Gasteiger partial charge in [-0.25, -0.2) is 8.42 Å². The number of fused-ring (bicyclic) bond motifs is 3. The molecule has 4 heteroatoms. The number of nitrogens with two attached hydrogens (primary N) is 1. The molecule has 0 spiro atoms. The summed E-state index contributed by atoms with van der Waals surface area (Å²) in [6, 6.07) is 11.1. The summed E-state index contributed by atoms with van der Waals surface area (Å²) in [6.45, 7) is 0. The largest absolute Gasteiger partial charge is 0.399 e. The molecule has 0 aromatic heterocycles. The molecule has 0 aliphatic heterocycles. The van der Waals surface area contributed by atoms with Crippen LogP contribution in [0.5, 0.6) is 0 Å². The second-order valence-corrected chi connectivity index (χ2v) is 6.70. The molecule has 0 unspecified atom stereocenters. The topological polar surface area (TPSA) is 60.2 Å². The summed E-state index contributed by atoms with van der Waals surface area (Å²) in [6.07, 6.45) is 1.98. The maximum atomic E-state index is 11.5. The molecule has 0 fully saturated rings. The quantitative estimate of drug-likeness (QED) is 0.682. The second kappa shape index (κ2) is 3.59. The Kier molecular flexibility index (Phi) is 2.25. The number of nitrogen functional groups attached to an aromatic ring is 1. The van der Waals surface area contributed by atoms with E-state index in [0.29, 0.717) is 4.90 Å². The van der Waals surface area contributed by atoms with Crippen LogP contribution in [0, 0.1) is 0 Å². The molecule has 2 aromatic carbocycles. The van der Waals surface area contributed by atoms with Gasteiger partial charge >= 0.3 is 0 Å². The smallest absolute Gasteiger partial charge is 0.175 e. The Morgan fingerprint density at radius 3 is 2.28 bits per heavy atom. The zero-order chi connectivity index (χ0) is 12.9. The Morgan fingerprint density at radius 2 is 1.61 bits per heavy atom.